The van der Waals surface area contributed by atoms with Crippen molar-refractivity contribution in [3.63, 3.8) is 0 Å². The minimum atomic E-state index is -0.273. The highest BCUT2D eigenvalue weighted by Gasteiger charge is 2.36. The van der Waals surface area contributed by atoms with Crippen molar-refractivity contribution in [3.05, 3.63) is 64.4 Å². The lowest BCUT2D eigenvalue weighted by Crippen LogP contribution is -2.39. The van der Waals surface area contributed by atoms with Crippen molar-refractivity contribution in [2.75, 3.05) is 18.0 Å². The topological polar surface area (TPSA) is 105 Å². The molecule has 0 bridgehead atoms. The van der Waals surface area contributed by atoms with Crippen LogP contribution < -0.4 is 4.90 Å². The number of fused-ring (bicyclic) bond motifs is 1. The molecule has 5 rings (SSSR count). The third kappa shape index (κ3) is 3.99. The molecule has 1 atom stereocenters. The molecule has 0 spiro atoms. The molecule has 2 aliphatic heterocycles. The minimum absolute atomic E-state index is 0.0751. The number of anilines is 1. The van der Waals surface area contributed by atoms with Gasteiger partial charge in [-0.1, -0.05) is 35.5 Å². The average molecular weight is 447 g/mol. The highest BCUT2D eigenvalue weighted by molar-refractivity contribution is 5.95. The molecule has 0 unspecified atom stereocenters. The summed E-state index contributed by atoms with van der Waals surface area (Å²) in [7, 11) is 0. The molecule has 0 radical (unpaired) electrons. The second-order valence-electron chi connectivity index (χ2n) is 8.61. The molecular weight excluding hydrogens is 420 g/mol. The van der Waals surface area contributed by atoms with Gasteiger partial charge in [-0.15, -0.1) is 0 Å². The number of nitrogens with zero attached hydrogens (tertiary/aromatic N) is 6. The van der Waals surface area contributed by atoms with Crippen LogP contribution in [-0.2, 0) is 17.6 Å². The number of likely N-dealkylation sites (tertiary alicyclic amines) is 1. The van der Waals surface area contributed by atoms with Gasteiger partial charge in [0.1, 0.15) is 11.5 Å². The maximum absolute atomic E-state index is 13.1. The maximum Gasteiger partial charge on any atom is 0.278 e. The van der Waals surface area contributed by atoms with E-state index in [1.54, 1.807) is 16.7 Å². The summed E-state index contributed by atoms with van der Waals surface area (Å²) >= 11 is 0. The lowest BCUT2D eigenvalue weighted by Gasteiger charge is -2.31. The fraction of sp³-hybridized carbons (Fsp3) is 0.417. The Balaban J connectivity index is 1.45. The Morgan fingerprint density at radius 2 is 1.91 bits per heavy atom. The summed E-state index contributed by atoms with van der Waals surface area (Å²) in [5.74, 6) is 1.10. The van der Waals surface area contributed by atoms with Crippen molar-refractivity contribution in [2.24, 2.45) is 0 Å². The molecule has 0 aliphatic carbocycles. The van der Waals surface area contributed by atoms with Crippen LogP contribution in [0, 0.1) is 13.8 Å². The summed E-state index contributed by atoms with van der Waals surface area (Å²) in [6.07, 6.45) is 3.44. The summed E-state index contributed by atoms with van der Waals surface area (Å²) < 4.78 is 4.73. The quantitative estimate of drug-likeness (QED) is 0.593. The Labute approximate surface area is 191 Å². The minimum Gasteiger partial charge on any atom is -0.327 e. The van der Waals surface area contributed by atoms with E-state index in [0.717, 1.165) is 30.5 Å². The second-order valence-corrected chi connectivity index (χ2v) is 8.61. The summed E-state index contributed by atoms with van der Waals surface area (Å²) in [6.45, 7) is 4.81. The van der Waals surface area contributed by atoms with Crippen LogP contribution in [0.25, 0.3) is 0 Å². The molecule has 0 saturated carbocycles. The zero-order valence-electron chi connectivity index (χ0n) is 18.8. The van der Waals surface area contributed by atoms with Gasteiger partial charge in [0.25, 0.3) is 5.91 Å². The van der Waals surface area contributed by atoms with Gasteiger partial charge in [0.2, 0.25) is 5.91 Å². The molecule has 33 heavy (non-hydrogen) atoms. The summed E-state index contributed by atoms with van der Waals surface area (Å²) in [5, 5.41) is 7.51. The third-order valence-electron chi connectivity index (χ3n) is 6.49. The Kier molecular flexibility index (Phi) is 5.62. The fourth-order valence-electron chi connectivity index (χ4n) is 4.71. The zero-order chi connectivity index (χ0) is 22.9. The van der Waals surface area contributed by atoms with Crippen molar-refractivity contribution in [3.8, 4) is 0 Å². The molecule has 3 aromatic rings. The molecule has 9 nitrogen and oxygen atoms in total. The third-order valence-corrected chi connectivity index (χ3v) is 6.49. The van der Waals surface area contributed by atoms with Gasteiger partial charge in [0.05, 0.1) is 6.04 Å². The Hall–Kier alpha value is -3.62. The van der Waals surface area contributed by atoms with Gasteiger partial charge in [-0.2, -0.15) is 0 Å². The number of amides is 2. The van der Waals surface area contributed by atoms with E-state index in [0.29, 0.717) is 43.3 Å². The first kappa shape index (κ1) is 21.2. The normalized spacial score (nSPS) is 18.0. The van der Waals surface area contributed by atoms with Crippen LogP contribution in [-0.4, -0.2) is 50.1 Å². The molecule has 1 aromatic carbocycles. The average Bonchev–Trinajstić information content (AvgIpc) is 3.48. The lowest BCUT2D eigenvalue weighted by molar-refractivity contribution is -0.118. The maximum atomic E-state index is 13.1. The smallest absolute Gasteiger partial charge is 0.278 e. The number of carbonyl (C=O) groups excluding carboxylic acids is 2. The van der Waals surface area contributed by atoms with Crippen LogP contribution in [0.4, 0.5) is 5.82 Å². The van der Waals surface area contributed by atoms with Gasteiger partial charge in [0.15, 0.2) is 11.5 Å². The van der Waals surface area contributed by atoms with E-state index in [2.05, 4.69) is 22.4 Å². The van der Waals surface area contributed by atoms with Crippen LogP contribution in [0.2, 0.25) is 0 Å². The van der Waals surface area contributed by atoms with E-state index >= 15 is 0 Å². The molecule has 2 amide bonds. The van der Waals surface area contributed by atoms with E-state index in [1.165, 1.54) is 5.56 Å². The van der Waals surface area contributed by atoms with E-state index in [4.69, 9.17) is 14.6 Å². The number of carbonyl (C=O) groups is 2. The fourth-order valence-corrected chi connectivity index (χ4v) is 4.71. The molecule has 4 heterocycles. The lowest BCUT2D eigenvalue weighted by atomic mass is 10.0. The first-order chi connectivity index (χ1) is 16.0. The first-order valence-corrected chi connectivity index (χ1v) is 11.3. The molecule has 1 saturated heterocycles. The predicted molar refractivity (Wildman–Crippen MR) is 120 cm³/mol. The summed E-state index contributed by atoms with van der Waals surface area (Å²) in [5.41, 5.74) is 3.74. The Morgan fingerprint density at radius 3 is 2.67 bits per heavy atom. The van der Waals surface area contributed by atoms with Crippen LogP contribution in [0.3, 0.4) is 0 Å². The molecule has 0 N–H and O–H groups in total. The number of benzene rings is 1. The van der Waals surface area contributed by atoms with Crippen LogP contribution in [0.1, 0.15) is 64.1 Å². The summed E-state index contributed by atoms with van der Waals surface area (Å²) in [6, 6.07) is 9.85. The highest BCUT2D eigenvalue weighted by Crippen LogP contribution is 2.35. The van der Waals surface area contributed by atoms with Gasteiger partial charge >= 0.3 is 0 Å². The summed E-state index contributed by atoms with van der Waals surface area (Å²) in [4.78, 5) is 39.2. The van der Waals surface area contributed by atoms with Gasteiger partial charge in [-0.25, -0.2) is 14.6 Å². The Morgan fingerprint density at radius 1 is 1.09 bits per heavy atom. The standard InChI is InChI=1S/C24H26N6O3/c1-15-18-10-11-20(31)30(14-12-17-7-4-3-5-8-17)23(18)26-22(25-15)19-9-6-13-29(19)24(32)21-16(2)27-33-28-21/h3-5,7-8,19H,6,9-14H2,1-2H3/t19-/m1/s1. The van der Waals surface area contributed by atoms with Gasteiger partial charge < -0.3 is 4.90 Å². The molecule has 2 aliphatic rings. The van der Waals surface area contributed by atoms with Gasteiger partial charge in [0, 0.05) is 30.8 Å². The van der Waals surface area contributed by atoms with E-state index in [1.807, 2.05) is 25.1 Å². The molecule has 1 fully saturated rings. The molecule has 170 valence electrons. The molecule has 9 heteroatoms. The molecule has 2 aromatic heterocycles. The number of rotatable bonds is 5. The Bertz CT molecular complexity index is 1190. The van der Waals surface area contributed by atoms with Crippen molar-refractivity contribution in [1.82, 2.24) is 25.2 Å². The van der Waals surface area contributed by atoms with E-state index in [9.17, 15) is 9.59 Å². The largest absolute Gasteiger partial charge is 0.327 e. The zero-order valence-corrected chi connectivity index (χ0v) is 18.8. The number of aromatic nitrogens is 4. The monoisotopic (exact) mass is 446 g/mol. The van der Waals surface area contributed by atoms with Crippen LogP contribution in [0.5, 0.6) is 0 Å². The highest BCUT2D eigenvalue weighted by atomic mass is 16.6. The first-order valence-electron chi connectivity index (χ1n) is 11.3. The predicted octanol–water partition coefficient (Wildman–Crippen LogP) is 2.98. The number of hydrogen-bond donors (Lipinski definition) is 0. The van der Waals surface area contributed by atoms with Crippen LogP contribution >= 0.6 is 0 Å². The van der Waals surface area contributed by atoms with Crippen molar-refractivity contribution >= 4 is 17.6 Å². The van der Waals surface area contributed by atoms with Gasteiger partial charge in [-0.05, 0) is 50.3 Å². The van der Waals surface area contributed by atoms with Crippen molar-refractivity contribution in [2.45, 2.75) is 52.0 Å². The van der Waals surface area contributed by atoms with Crippen molar-refractivity contribution in [1.29, 1.82) is 0 Å². The number of hydrogen-bond acceptors (Lipinski definition) is 7. The van der Waals surface area contributed by atoms with Crippen LogP contribution in [0.15, 0.2) is 35.0 Å². The van der Waals surface area contributed by atoms with Crippen molar-refractivity contribution < 1.29 is 14.2 Å². The number of aryl methyl sites for hydroxylation is 2. The van der Waals surface area contributed by atoms with E-state index in [-0.39, 0.29) is 23.6 Å². The van der Waals surface area contributed by atoms with E-state index < -0.39 is 0 Å². The SMILES string of the molecule is Cc1nonc1C(=O)N1CCC[C@@H]1c1nc(C)c2c(n1)N(CCc1ccccc1)C(=O)CC2. The van der Waals surface area contributed by atoms with Gasteiger partial charge in [-0.3, -0.25) is 14.5 Å². The second kappa shape index (κ2) is 8.73. The molecular formula is C24H26N6O3.